The molecule has 0 atom stereocenters. The van der Waals surface area contributed by atoms with E-state index in [1.807, 2.05) is 29.5 Å². The molecule has 0 bridgehead atoms. The second kappa shape index (κ2) is 12.0. The van der Waals surface area contributed by atoms with E-state index in [-0.39, 0.29) is 0 Å². The van der Waals surface area contributed by atoms with Crippen molar-refractivity contribution in [2.45, 2.75) is 0 Å². The van der Waals surface area contributed by atoms with Crippen molar-refractivity contribution in [2.75, 3.05) is 0 Å². The Morgan fingerprint density at radius 1 is 0.463 bits per heavy atom. The molecule has 3 nitrogen and oxygen atoms in total. The Morgan fingerprint density at radius 3 is 1.96 bits per heavy atom. The van der Waals surface area contributed by atoms with E-state index in [9.17, 15) is 5.26 Å². The molecule has 0 N–H and O–H groups in total. The minimum atomic E-state index is 0.650. The van der Waals surface area contributed by atoms with Crippen LogP contribution in [0.1, 0.15) is 5.56 Å². The van der Waals surface area contributed by atoms with Crippen LogP contribution < -0.4 is 0 Å². The summed E-state index contributed by atoms with van der Waals surface area (Å²) in [6, 6.07) is 64.8. The third-order valence-corrected chi connectivity index (χ3v) is 12.0. The normalized spacial score (nSPS) is 11.7. The van der Waals surface area contributed by atoms with Gasteiger partial charge in [-0.2, -0.15) is 5.26 Å². The number of nitrogens with zero attached hydrogens (tertiary/aromatic N) is 3. The summed E-state index contributed by atoms with van der Waals surface area (Å²) in [6.45, 7) is 0. The molecule has 0 amide bonds. The van der Waals surface area contributed by atoms with Gasteiger partial charge in [-0.25, -0.2) is 4.98 Å². The maximum atomic E-state index is 9.72. The molecule has 0 saturated heterocycles. The van der Waals surface area contributed by atoms with Crippen molar-refractivity contribution >= 4 is 75.0 Å². The van der Waals surface area contributed by atoms with Crippen LogP contribution in [-0.2, 0) is 0 Å². The van der Waals surface area contributed by atoms with Crippen molar-refractivity contribution in [1.29, 1.82) is 5.26 Å². The largest absolute Gasteiger partial charge is 0.309 e. The molecule has 11 rings (SSSR count). The zero-order valence-corrected chi connectivity index (χ0v) is 29.8. The Balaban J connectivity index is 1.08. The third kappa shape index (κ3) is 4.70. The van der Waals surface area contributed by atoms with Crippen molar-refractivity contribution in [1.82, 2.24) is 9.55 Å². The molecule has 54 heavy (non-hydrogen) atoms. The molecule has 0 fully saturated rings. The number of nitriles is 1. The van der Waals surface area contributed by atoms with Gasteiger partial charge in [-0.3, -0.25) is 0 Å². The quantitative estimate of drug-likeness (QED) is 0.171. The highest BCUT2D eigenvalue weighted by atomic mass is 32.1. The van der Waals surface area contributed by atoms with E-state index in [2.05, 4.69) is 168 Å². The molecule has 250 valence electrons. The summed E-state index contributed by atoms with van der Waals surface area (Å²) >= 11 is 1.87. The van der Waals surface area contributed by atoms with Gasteiger partial charge in [0.25, 0.3) is 0 Å². The molecule has 8 aromatic carbocycles. The van der Waals surface area contributed by atoms with Gasteiger partial charge in [0, 0.05) is 58.4 Å². The van der Waals surface area contributed by atoms with Crippen molar-refractivity contribution in [3.63, 3.8) is 0 Å². The molecule has 11 aromatic rings. The predicted octanol–water partition coefficient (Wildman–Crippen LogP) is 13.7. The lowest BCUT2D eigenvalue weighted by Crippen LogP contribution is -1.93. The van der Waals surface area contributed by atoms with E-state index in [0.29, 0.717) is 5.56 Å². The molecule has 0 radical (unpaired) electrons. The molecule has 0 aliphatic carbocycles. The molecule has 3 heterocycles. The molecule has 0 spiro atoms. The Kier molecular flexibility index (Phi) is 6.79. The minimum Gasteiger partial charge on any atom is -0.309 e. The van der Waals surface area contributed by atoms with Gasteiger partial charge in [0.2, 0.25) is 0 Å². The van der Waals surface area contributed by atoms with Gasteiger partial charge in [0.05, 0.1) is 33.9 Å². The standard InChI is InChI=1S/C50H29N3S/c51-30-31-18-21-38-43-28-35(20-25-45(43)53(46(38)26-31)37-14-5-2-6-15-37)33-12-9-13-34(27-33)36-19-22-41-44(29-36)52-49(32-10-3-1-4-11-32)42-24-23-40-39-16-7-8-17-47(39)54-50(40)48(41)42/h1-29H. The summed E-state index contributed by atoms with van der Waals surface area (Å²) in [5.74, 6) is 0. The van der Waals surface area contributed by atoms with Gasteiger partial charge in [-0.15, -0.1) is 11.3 Å². The molecule has 0 aliphatic rings. The smallest absolute Gasteiger partial charge is 0.0992 e. The summed E-state index contributed by atoms with van der Waals surface area (Å²) in [4.78, 5) is 5.39. The van der Waals surface area contributed by atoms with E-state index in [1.165, 1.54) is 36.3 Å². The second-order valence-electron chi connectivity index (χ2n) is 13.8. The fourth-order valence-electron chi connectivity index (χ4n) is 8.27. The molecule has 0 aliphatic heterocycles. The highest BCUT2D eigenvalue weighted by molar-refractivity contribution is 7.26. The van der Waals surface area contributed by atoms with Crippen LogP contribution in [0.3, 0.4) is 0 Å². The average Bonchev–Trinajstić information content (AvgIpc) is 3.79. The van der Waals surface area contributed by atoms with Gasteiger partial charge in [-0.05, 0) is 76.9 Å². The van der Waals surface area contributed by atoms with Crippen LogP contribution in [0, 0.1) is 11.3 Å². The number of rotatable bonds is 4. The first-order valence-corrected chi connectivity index (χ1v) is 18.9. The van der Waals surface area contributed by atoms with E-state index < -0.39 is 0 Å². The number of para-hydroxylation sites is 1. The average molecular weight is 704 g/mol. The summed E-state index contributed by atoms with van der Waals surface area (Å²) in [5.41, 5.74) is 11.5. The molecular weight excluding hydrogens is 675 g/mol. The Bertz CT molecular complexity index is 3330. The first kappa shape index (κ1) is 30.6. The first-order valence-electron chi connectivity index (χ1n) is 18.1. The zero-order chi connectivity index (χ0) is 35.8. The number of benzene rings is 8. The molecular formula is C50H29N3S. The van der Waals surface area contributed by atoms with Gasteiger partial charge in [0.15, 0.2) is 0 Å². The van der Waals surface area contributed by atoms with Crippen LogP contribution in [0.25, 0.3) is 103 Å². The van der Waals surface area contributed by atoms with Crippen molar-refractivity contribution in [3.05, 3.63) is 181 Å². The van der Waals surface area contributed by atoms with Crippen LogP contribution in [0.4, 0.5) is 0 Å². The van der Waals surface area contributed by atoms with E-state index in [0.717, 1.165) is 66.5 Å². The van der Waals surface area contributed by atoms with Gasteiger partial charge >= 0.3 is 0 Å². The van der Waals surface area contributed by atoms with Crippen LogP contribution in [0.5, 0.6) is 0 Å². The van der Waals surface area contributed by atoms with Gasteiger partial charge < -0.3 is 4.57 Å². The van der Waals surface area contributed by atoms with Crippen LogP contribution >= 0.6 is 11.3 Å². The molecule has 3 aromatic heterocycles. The minimum absolute atomic E-state index is 0.650. The number of aromatic nitrogens is 2. The number of fused-ring (bicyclic) bond motifs is 10. The fraction of sp³-hybridized carbons (Fsp3) is 0. The maximum Gasteiger partial charge on any atom is 0.0992 e. The van der Waals surface area contributed by atoms with E-state index in [4.69, 9.17) is 4.98 Å². The van der Waals surface area contributed by atoms with Crippen molar-refractivity contribution in [3.8, 4) is 45.3 Å². The predicted molar refractivity (Wildman–Crippen MR) is 227 cm³/mol. The molecule has 0 saturated carbocycles. The first-order chi connectivity index (χ1) is 26.7. The van der Waals surface area contributed by atoms with E-state index in [1.54, 1.807) is 0 Å². The maximum absolute atomic E-state index is 9.72. The SMILES string of the molecule is N#Cc1ccc2c3cc(-c4cccc(-c5ccc6c(c5)nc(-c5ccccc5)c5ccc7c8ccccc8sc7c56)c4)ccc3n(-c3ccccc3)c2c1. The Morgan fingerprint density at radius 2 is 1.13 bits per heavy atom. The van der Waals surface area contributed by atoms with Crippen LogP contribution in [0.15, 0.2) is 176 Å². The van der Waals surface area contributed by atoms with Crippen LogP contribution in [-0.4, -0.2) is 9.55 Å². The van der Waals surface area contributed by atoms with Crippen molar-refractivity contribution in [2.24, 2.45) is 0 Å². The molecule has 0 unspecified atom stereocenters. The Hall–Kier alpha value is -7.06. The van der Waals surface area contributed by atoms with Gasteiger partial charge in [-0.1, -0.05) is 121 Å². The number of hydrogen-bond acceptors (Lipinski definition) is 3. The topological polar surface area (TPSA) is 41.6 Å². The van der Waals surface area contributed by atoms with Crippen LogP contribution in [0.2, 0.25) is 0 Å². The monoisotopic (exact) mass is 703 g/mol. The summed E-state index contributed by atoms with van der Waals surface area (Å²) in [7, 11) is 0. The lowest BCUT2D eigenvalue weighted by molar-refractivity contribution is 1.18. The lowest BCUT2D eigenvalue weighted by Gasteiger charge is -2.13. The number of pyridine rings is 1. The Labute approximate surface area is 315 Å². The van der Waals surface area contributed by atoms with Gasteiger partial charge in [0.1, 0.15) is 0 Å². The zero-order valence-electron chi connectivity index (χ0n) is 29.0. The summed E-state index contributed by atoms with van der Waals surface area (Å²) in [6.07, 6.45) is 0. The third-order valence-electron chi connectivity index (χ3n) is 10.8. The number of hydrogen-bond donors (Lipinski definition) is 0. The van der Waals surface area contributed by atoms with E-state index >= 15 is 0 Å². The summed E-state index contributed by atoms with van der Waals surface area (Å²) in [5, 5.41) is 18.2. The lowest BCUT2D eigenvalue weighted by atomic mass is 9.95. The fourth-order valence-corrected chi connectivity index (χ4v) is 9.53. The second-order valence-corrected chi connectivity index (χ2v) is 14.9. The summed E-state index contributed by atoms with van der Waals surface area (Å²) < 4.78 is 4.86. The van der Waals surface area contributed by atoms with Crippen molar-refractivity contribution < 1.29 is 0 Å². The highest BCUT2D eigenvalue weighted by Gasteiger charge is 2.18. The molecule has 4 heteroatoms. The number of thiophene rings is 1. The highest BCUT2D eigenvalue weighted by Crippen LogP contribution is 2.44.